The molecule has 1 fully saturated rings. The van der Waals surface area contributed by atoms with E-state index in [1.807, 2.05) is 24.5 Å². The Morgan fingerprint density at radius 2 is 2.00 bits per heavy atom. The lowest BCUT2D eigenvalue weighted by molar-refractivity contribution is -0.150. The van der Waals surface area contributed by atoms with Gasteiger partial charge in [-0.05, 0) is 75.4 Å². The SMILES string of the molecule is CCOC(=O)[C@@H](C)N1C(=O)S/C(=C/c2cc(C)n(-c3ccc(F)c(Cl)c3)c2C)C1=O. The first-order valence-electron chi connectivity index (χ1n) is 9.23. The second-order valence-corrected chi connectivity index (χ2v) is 8.14. The third-order valence-electron chi connectivity index (χ3n) is 4.76. The van der Waals surface area contributed by atoms with Gasteiger partial charge in [-0.3, -0.25) is 14.5 Å². The first-order valence-corrected chi connectivity index (χ1v) is 10.4. The number of amides is 2. The van der Waals surface area contributed by atoms with Crippen LogP contribution in [0.3, 0.4) is 0 Å². The van der Waals surface area contributed by atoms with Gasteiger partial charge in [0.2, 0.25) is 0 Å². The number of nitrogens with zero attached hydrogens (tertiary/aromatic N) is 2. The highest BCUT2D eigenvalue weighted by atomic mass is 35.5. The number of rotatable bonds is 5. The quantitative estimate of drug-likeness (QED) is 0.480. The molecule has 9 heteroatoms. The molecule has 2 aromatic rings. The van der Waals surface area contributed by atoms with E-state index in [0.29, 0.717) is 5.69 Å². The van der Waals surface area contributed by atoms with Crippen molar-refractivity contribution < 1.29 is 23.5 Å². The molecule has 0 spiro atoms. The molecular weight excluding hydrogens is 431 g/mol. The molecule has 1 aliphatic rings. The van der Waals surface area contributed by atoms with Crippen LogP contribution in [0.25, 0.3) is 11.8 Å². The molecule has 0 N–H and O–H groups in total. The lowest BCUT2D eigenvalue weighted by Gasteiger charge is -2.19. The zero-order chi connectivity index (χ0) is 22.2. The molecule has 0 saturated carbocycles. The number of hydrogen-bond donors (Lipinski definition) is 0. The van der Waals surface area contributed by atoms with Crippen LogP contribution in [0.5, 0.6) is 0 Å². The predicted octanol–water partition coefficient (Wildman–Crippen LogP) is 4.87. The molecular formula is C21H20ClFN2O4S. The summed E-state index contributed by atoms with van der Waals surface area (Å²) in [6.45, 7) is 7.00. The lowest BCUT2D eigenvalue weighted by atomic mass is 10.2. The van der Waals surface area contributed by atoms with Crippen molar-refractivity contribution in [2.24, 2.45) is 0 Å². The van der Waals surface area contributed by atoms with Gasteiger partial charge in [-0.2, -0.15) is 0 Å². The minimum Gasteiger partial charge on any atom is -0.464 e. The summed E-state index contributed by atoms with van der Waals surface area (Å²) in [6.07, 6.45) is 1.62. The fourth-order valence-corrected chi connectivity index (χ4v) is 4.35. The Hall–Kier alpha value is -2.58. The highest BCUT2D eigenvalue weighted by Gasteiger charge is 2.41. The molecule has 3 rings (SSSR count). The summed E-state index contributed by atoms with van der Waals surface area (Å²) in [7, 11) is 0. The van der Waals surface area contributed by atoms with Crippen LogP contribution < -0.4 is 0 Å². The van der Waals surface area contributed by atoms with Gasteiger partial charge in [-0.25, -0.2) is 9.18 Å². The molecule has 1 aliphatic heterocycles. The smallest absolute Gasteiger partial charge is 0.329 e. The van der Waals surface area contributed by atoms with Gasteiger partial charge < -0.3 is 9.30 Å². The van der Waals surface area contributed by atoms with E-state index < -0.39 is 29.0 Å². The summed E-state index contributed by atoms with van der Waals surface area (Å²) in [4.78, 5) is 38.2. The Morgan fingerprint density at radius 1 is 1.30 bits per heavy atom. The highest BCUT2D eigenvalue weighted by Crippen LogP contribution is 2.35. The number of ether oxygens (including phenoxy) is 1. The molecule has 0 aliphatic carbocycles. The molecule has 1 atom stereocenters. The number of esters is 1. The van der Waals surface area contributed by atoms with Gasteiger partial charge >= 0.3 is 5.97 Å². The minimum atomic E-state index is -1.00. The molecule has 2 amide bonds. The monoisotopic (exact) mass is 450 g/mol. The standard InChI is InChI=1S/C21H20ClFN2O4S/c1-5-29-20(27)13(4)25-19(26)18(30-21(25)28)9-14-8-11(2)24(12(14)3)15-6-7-17(23)16(22)10-15/h6-10,13H,5H2,1-4H3/b18-9+/t13-/m1/s1. The molecule has 1 saturated heterocycles. The van der Waals surface area contributed by atoms with Gasteiger partial charge in [0.25, 0.3) is 11.1 Å². The number of aryl methyl sites for hydroxylation is 1. The van der Waals surface area contributed by atoms with Crippen molar-refractivity contribution in [2.75, 3.05) is 6.61 Å². The van der Waals surface area contributed by atoms with Crippen molar-refractivity contribution in [1.82, 2.24) is 9.47 Å². The van der Waals surface area contributed by atoms with Crippen molar-refractivity contribution in [3.8, 4) is 5.69 Å². The Bertz CT molecular complexity index is 1080. The third-order valence-corrected chi connectivity index (χ3v) is 5.93. The number of hydrogen-bond acceptors (Lipinski definition) is 5. The second kappa shape index (κ2) is 8.65. The summed E-state index contributed by atoms with van der Waals surface area (Å²) in [5, 5.41) is -0.512. The zero-order valence-corrected chi connectivity index (χ0v) is 18.4. The largest absolute Gasteiger partial charge is 0.464 e. The van der Waals surface area contributed by atoms with Crippen LogP contribution >= 0.6 is 23.4 Å². The van der Waals surface area contributed by atoms with E-state index in [4.69, 9.17) is 16.3 Å². The van der Waals surface area contributed by atoms with Crippen LogP contribution in [-0.4, -0.2) is 39.2 Å². The summed E-state index contributed by atoms with van der Waals surface area (Å²) in [5.74, 6) is -1.68. The van der Waals surface area contributed by atoms with Crippen LogP contribution in [0.15, 0.2) is 29.2 Å². The molecule has 2 heterocycles. The summed E-state index contributed by atoms with van der Waals surface area (Å²) in [5.41, 5.74) is 3.04. The van der Waals surface area contributed by atoms with Crippen LogP contribution in [0.4, 0.5) is 9.18 Å². The first-order chi connectivity index (χ1) is 14.1. The molecule has 30 heavy (non-hydrogen) atoms. The lowest BCUT2D eigenvalue weighted by Crippen LogP contribution is -2.42. The van der Waals surface area contributed by atoms with Crippen molar-refractivity contribution >= 4 is 46.6 Å². The number of aromatic nitrogens is 1. The second-order valence-electron chi connectivity index (χ2n) is 6.74. The average molecular weight is 451 g/mol. The van der Waals surface area contributed by atoms with Crippen LogP contribution in [0.2, 0.25) is 5.02 Å². The van der Waals surface area contributed by atoms with Crippen molar-refractivity contribution in [3.63, 3.8) is 0 Å². The van der Waals surface area contributed by atoms with Gasteiger partial charge in [0, 0.05) is 17.1 Å². The maximum atomic E-state index is 13.5. The molecule has 0 radical (unpaired) electrons. The number of carbonyl (C=O) groups is 3. The van der Waals surface area contributed by atoms with Gasteiger partial charge in [0.05, 0.1) is 16.5 Å². The van der Waals surface area contributed by atoms with E-state index in [0.717, 1.165) is 33.6 Å². The van der Waals surface area contributed by atoms with E-state index in [9.17, 15) is 18.8 Å². The fraction of sp³-hybridized carbons (Fsp3) is 0.286. The topological polar surface area (TPSA) is 68.6 Å². The summed E-state index contributed by atoms with van der Waals surface area (Å²) < 4.78 is 20.3. The Morgan fingerprint density at radius 3 is 2.63 bits per heavy atom. The molecule has 1 aromatic carbocycles. The normalized spacial score (nSPS) is 16.5. The third kappa shape index (κ3) is 4.02. The van der Waals surface area contributed by atoms with E-state index in [-0.39, 0.29) is 16.5 Å². The van der Waals surface area contributed by atoms with Gasteiger partial charge in [-0.15, -0.1) is 0 Å². The molecule has 1 aromatic heterocycles. The van der Waals surface area contributed by atoms with Crippen LogP contribution in [0.1, 0.15) is 30.8 Å². The Balaban J connectivity index is 1.94. The van der Waals surface area contributed by atoms with E-state index in [2.05, 4.69) is 0 Å². The van der Waals surface area contributed by atoms with Crippen molar-refractivity contribution in [2.45, 2.75) is 33.7 Å². The Labute approximate surface area is 182 Å². The van der Waals surface area contributed by atoms with Crippen LogP contribution in [-0.2, 0) is 14.3 Å². The predicted molar refractivity (Wildman–Crippen MR) is 114 cm³/mol. The van der Waals surface area contributed by atoms with E-state index in [1.165, 1.54) is 19.1 Å². The van der Waals surface area contributed by atoms with Crippen molar-refractivity contribution in [3.05, 3.63) is 57.0 Å². The number of benzene rings is 1. The molecule has 6 nitrogen and oxygen atoms in total. The van der Waals surface area contributed by atoms with E-state index >= 15 is 0 Å². The van der Waals surface area contributed by atoms with Gasteiger partial charge in [0.1, 0.15) is 11.9 Å². The number of thioether (sulfide) groups is 1. The average Bonchev–Trinajstić information content (AvgIpc) is 3.12. The maximum absolute atomic E-state index is 13.5. The summed E-state index contributed by atoms with van der Waals surface area (Å²) >= 11 is 6.69. The minimum absolute atomic E-state index is 0.00984. The Kier molecular flexibility index (Phi) is 6.38. The van der Waals surface area contributed by atoms with Gasteiger partial charge in [-0.1, -0.05) is 11.6 Å². The number of carbonyl (C=O) groups excluding carboxylic acids is 3. The first kappa shape index (κ1) is 22.1. The molecule has 0 bridgehead atoms. The fourth-order valence-electron chi connectivity index (χ4n) is 3.28. The van der Waals surface area contributed by atoms with Gasteiger partial charge in [0.15, 0.2) is 0 Å². The van der Waals surface area contributed by atoms with E-state index in [1.54, 1.807) is 19.1 Å². The molecule has 0 unspecified atom stereocenters. The number of halogens is 2. The van der Waals surface area contributed by atoms with Crippen molar-refractivity contribution in [1.29, 1.82) is 0 Å². The number of imide groups is 1. The maximum Gasteiger partial charge on any atom is 0.329 e. The highest BCUT2D eigenvalue weighted by molar-refractivity contribution is 8.18. The van der Waals surface area contributed by atoms with Crippen LogP contribution in [0, 0.1) is 19.7 Å². The zero-order valence-electron chi connectivity index (χ0n) is 16.9. The molecule has 158 valence electrons. The summed E-state index contributed by atoms with van der Waals surface area (Å²) in [6, 6.07) is 5.28.